The zero-order valence-corrected chi connectivity index (χ0v) is 26.7. The number of aromatic nitrogens is 2. The molecule has 2 heterocycles. The quantitative estimate of drug-likeness (QED) is 0.119. The highest BCUT2D eigenvalue weighted by molar-refractivity contribution is 5.56. The summed E-state index contributed by atoms with van der Waals surface area (Å²) < 4.78 is 20.0. The maximum Gasteiger partial charge on any atom is 0.333 e. The van der Waals surface area contributed by atoms with E-state index in [-0.39, 0.29) is 6.54 Å². The molecule has 0 spiro atoms. The van der Waals surface area contributed by atoms with Crippen molar-refractivity contribution < 1.29 is 29.5 Å². The first kappa shape index (κ1) is 34.1. The van der Waals surface area contributed by atoms with Crippen molar-refractivity contribution in [3.63, 3.8) is 0 Å². The van der Waals surface area contributed by atoms with Crippen molar-refractivity contribution in [3.8, 4) is 11.5 Å². The Kier molecular flexibility index (Phi) is 10.6. The summed E-state index contributed by atoms with van der Waals surface area (Å²) in [5.41, 5.74) is 2.43. The van der Waals surface area contributed by atoms with Crippen LogP contribution in [0.4, 0.5) is 0 Å². The van der Waals surface area contributed by atoms with Gasteiger partial charge in [0.15, 0.2) is 5.72 Å². The molecule has 3 aromatic carbocycles. The van der Waals surface area contributed by atoms with E-state index >= 15 is 0 Å². The first-order valence-corrected chi connectivity index (χ1v) is 15.8. The summed E-state index contributed by atoms with van der Waals surface area (Å²) in [5, 5.41) is 34.3. The molecule has 5 N–H and O–H groups in total. The first-order chi connectivity index (χ1) is 22.8. The number of benzene rings is 3. The van der Waals surface area contributed by atoms with Crippen LogP contribution in [0, 0.1) is 0 Å². The number of methoxy groups -OCH3 is 2. The van der Waals surface area contributed by atoms with Crippen molar-refractivity contribution in [1.82, 2.24) is 9.13 Å². The lowest BCUT2D eigenvalue weighted by molar-refractivity contribution is -0.180. The molecule has 250 valence electrons. The van der Waals surface area contributed by atoms with Gasteiger partial charge in [-0.25, -0.2) is 4.79 Å². The molecule has 11 nitrogen and oxygen atoms in total. The molecule has 1 aliphatic heterocycles. The van der Waals surface area contributed by atoms with E-state index in [4.69, 9.17) is 19.9 Å². The van der Waals surface area contributed by atoms with E-state index in [0.717, 1.165) is 23.8 Å². The number of nitrogens with zero attached hydrogens (tertiary/aromatic N) is 2. The van der Waals surface area contributed by atoms with Gasteiger partial charge in [-0.05, 0) is 60.3 Å². The number of nitrogens with two attached hydrogens (primary N) is 1. The van der Waals surface area contributed by atoms with E-state index in [2.05, 4.69) is 0 Å². The van der Waals surface area contributed by atoms with Crippen molar-refractivity contribution in [2.45, 2.75) is 61.7 Å². The molecule has 1 saturated heterocycles. The Hall–Kier alpha value is -4.26. The molecule has 0 amide bonds. The lowest BCUT2D eigenvalue weighted by Crippen LogP contribution is -2.65. The van der Waals surface area contributed by atoms with E-state index in [9.17, 15) is 24.9 Å². The van der Waals surface area contributed by atoms with Gasteiger partial charge in [0.25, 0.3) is 5.56 Å². The minimum Gasteiger partial charge on any atom is -0.497 e. The SMILES string of the molecule is COc1ccc(C(c2ccccc2)(c2ccc(OC)cc2)[C@@]2(n3ccc(=O)n(CCCCCCN)c3=O)O[C@H](CO)[C@@H](O)[C@H]2O)cc1. The fraction of sp³-hybridized carbons (Fsp3) is 0.389. The van der Waals surface area contributed by atoms with Crippen LogP contribution in [-0.4, -0.2) is 70.1 Å². The zero-order chi connectivity index (χ0) is 33.6. The van der Waals surface area contributed by atoms with Crippen molar-refractivity contribution in [1.29, 1.82) is 0 Å². The zero-order valence-electron chi connectivity index (χ0n) is 26.7. The predicted molar refractivity (Wildman–Crippen MR) is 177 cm³/mol. The summed E-state index contributed by atoms with van der Waals surface area (Å²) in [7, 11) is 3.10. The second-order valence-corrected chi connectivity index (χ2v) is 11.7. The average Bonchev–Trinajstić information content (AvgIpc) is 3.37. The number of aliphatic hydroxyl groups excluding tert-OH is 3. The van der Waals surface area contributed by atoms with Crippen molar-refractivity contribution in [2.24, 2.45) is 5.73 Å². The number of rotatable bonds is 14. The molecule has 4 atom stereocenters. The molecule has 0 aliphatic carbocycles. The third-order valence-corrected chi connectivity index (χ3v) is 9.17. The summed E-state index contributed by atoms with van der Waals surface area (Å²) in [6, 6.07) is 24.8. The minimum absolute atomic E-state index is 0.130. The maximum absolute atomic E-state index is 14.6. The van der Waals surface area contributed by atoms with Crippen LogP contribution in [0.25, 0.3) is 0 Å². The molecular formula is C36H43N3O8. The molecule has 1 aliphatic rings. The lowest BCUT2D eigenvalue weighted by atomic mass is 9.60. The van der Waals surface area contributed by atoms with Gasteiger partial charge in [-0.1, -0.05) is 67.4 Å². The van der Waals surface area contributed by atoms with Crippen molar-refractivity contribution >= 4 is 0 Å². The molecule has 1 aromatic heterocycles. The maximum atomic E-state index is 14.6. The lowest BCUT2D eigenvalue weighted by Gasteiger charge is -2.51. The Morgan fingerprint density at radius 2 is 1.36 bits per heavy atom. The van der Waals surface area contributed by atoms with Crippen LogP contribution in [0.3, 0.4) is 0 Å². The molecule has 5 rings (SSSR count). The third kappa shape index (κ3) is 5.90. The summed E-state index contributed by atoms with van der Waals surface area (Å²) in [6.07, 6.45) is -0.364. The van der Waals surface area contributed by atoms with Crippen molar-refractivity contribution in [2.75, 3.05) is 27.4 Å². The molecule has 0 radical (unpaired) electrons. The molecule has 0 bridgehead atoms. The van der Waals surface area contributed by atoms with Crippen LogP contribution >= 0.6 is 0 Å². The Morgan fingerprint density at radius 3 is 1.87 bits per heavy atom. The second kappa shape index (κ2) is 14.7. The van der Waals surface area contributed by atoms with Gasteiger partial charge in [-0.15, -0.1) is 0 Å². The molecule has 1 fully saturated rings. The van der Waals surface area contributed by atoms with Crippen LogP contribution in [0.15, 0.2) is 101 Å². The Morgan fingerprint density at radius 1 is 0.809 bits per heavy atom. The van der Waals surface area contributed by atoms with E-state index < -0.39 is 47.3 Å². The number of hydrogen-bond donors (Lipinski definition) is 4. The van der Waals surface area contributed by atoms with Gasteiger partial charge in [0.2, 0.25) is 0 Å². The molecule has 47 heavy (non-hydrogen) atoms. The van der Waals surface area contributed by atoms with E-state index in [1.807, 2.05) is 54.6 Å². The number of unbranched alkanes of at least 4 members (excludes halogenated alkanes) is 3. The molecule has 11 heteroatoms. The van der Waals surface area contributed by atoms with Gasteiger partial charge in [-0.2, -0.15) is 0 Å². The highest BCUT2D eigenvalue weighted by Gasteiger charge is 2.68. The fourth-order valence-corrected chi connectivity index (χ4v) is 6.87. The van der Waals surface area contributed by atoms with Crippen LogP contribution in [-0.2, 0) is 22.4 Å². The highest BCUT2D eigenvalue weighted by Crippen LogP contribution is 2.57. The standard InChI is InChI=1S/C36H43N3O8/c1-45-28-16-12-26(13-17-28)35(25-10-6-5-7-11-25,27-14-18-29(46-2)19-15-27)36(33(43)32(42)30(24-40)47-36)39-23-20-31(41)38(34(39)44)22-9-4-3-8-21-37/h5-7,10-20,23,30,32-33,40,42-43H,3-4,8-9,21-22,24,37H2,1-2H3/t30-,32-,33-,36+/m1/s1. The van der Waals surface area contributed by atoms with Gasteiger partial charge in [0.1, 0.15) is 29.8 Å². The number of hydrogen-bond acceptors (Lipinski definition) is 9. The van der Waals surface area contributed by atoms with Crippen LogP contribution in [0.5, 0.6) is 11.5 Å². The molecule has 0 unspecified atom stereocenters. The topological polar surface area (TPSA) is 158 Å². The summed E-state index contributed by atoms with van der Waals surface area (Å²) in [6.45, 7) is 0.0404. The monoisotopic (exact) mass is 645 g/mol. The summed E-state index contributed by atoms with van der Waals surface area (Å²) in [4.78, 5) is 27.8. The van der Waals surface area contributed by atoms with Gasteiger partial charge in [-0.3, -0.25) is 13.9 Å². The fourth-order valence-electron chi connectivity index (χ4n) is 6.87. The predicted octanol–water partition coefficient (Wildman–Crippen LogP) is 2.35. The van der Waals surface area contributed by atoms with Gasteiger partial charge >= 0.3 is 5.69 Å². The second-order valence-electron chi connectivity index (χ2n) is 11.7. The average molecular weight is 646 g/mol. The van der Waals surface area contributed by atoms with Crippen LogP contribution in [0.1, 0.15) is 42.4 Å². The Balaban J connectivity index is 1.91. The van der Waals surface area contributed by atoms with Crippen LogP contribution < -0.4 is 26.5 Å². The number of aliphatic hydroxyl groups is 3. The smallest absolute Gasteiger partial charge is 0.333 e. The molecular weight excluding hydrogens is 602 g/mol. The first-order valence-electron chi connectivity index (χ1n) is 15.8. The number of ether oxygens (including phenoxy) is 3. The molecule has 4 aromatic rings. The summed E-state index contributed by atoms with van der Waals surface area (Å²) >= 11 is 0. The van der Waals surface area contributed by atoms with Gasteiger partial charge in [0.05, 0.1) is 26.2 Å². The van der Waals surface area contributed by atoms with Gasteiger partial charge in [0, 0.05) is 18.8 Å². The van der Waals surface area contributed by atoms with Crippen LogP contribution in [0.2, 0.25) is 0 Å². The van der Waals surface area contributed by atoms with E-state index in [0.29, 0.717) is 41.2 Å². The highest BCUT2D eigenvalue weighted by atomic mass is 16.6. The van der Waals surface area contributed by atoms with Crippen molar-refractivity contribution in [3.05, 3.63) is 129 Å². The molecule has 0 saturated carbocycles. The normalized spacial score (nSPS) is 21.1. The van der Waals surface area contributed by atoms with E-state index in [1.54, 1.807) is 38.5 Å². The Bertz CT molecular complexity index is 1680. The summed E-state index contributed by atoms with van der Waals surface area (Å²) in [5.74, 6) is 1.14. The minimum atomic E-state index is -2.14. The Labute approximate surface area is 273 Å². The van der Waals surface area contributed by atoms with Gasteiger partial charge < -0.3 is 35.3 Å². The largest absolute Gasteiger partial charge is 0.497 e. The third-order valence-electron chi connectivity index (χ3n) is 9.17. The van der Waals surface area contributed by atoms with E-state index in [1.165, 1.54) is 16.8 Å².